The lowest BCUT2D eigenvalue weighted by Gasteiger charge is -2.18. The predicted octanol–water partition coefficient (Wildman–Crippen LogP) is 6.39. The predicted molar refractivity (Wildman–Crippen MR) is 181 cm³/mol. The Labute approximate surface area is 264 Å². The second-order valence-electron chi connectivity index (χ2n) is 12.6. The van der Waals surface area contributed by atoms with E-state index in [1.54, 1.807) is 0 Å². The van der Waals surface area contributed by atoms with Gasteiger partial charge in [0, 0.05) is 44.8 Å². The third-order valence-corrected chi connectivity index (χ3v) is 9.60. The van der Waals surface area contributed by atoms with Crippen molar-refractivity contribution < 1.29 is 14.1 Å². The molecule has 0 bridgehead atoms. The number of carbonyl (C=O) groups is 2. The second kappa shape index (κ2) is 12.2. The number of rotatable bonds is 5. The molecule has 0 radical (unpaired) electrons. The number of aromatic amines is 1. The normalized spacial score (nSPS) is 13.4. The quantitative estimate of drug-likeness (QED) is 0.181. The Morgan fingerprint density at radius 3 is 2.04 bits per heavy atom. The number of carbonyl (C=O) groups excluding carboxylic acids is 2. The van der Waals surface area contributed by atoms with E-state index < -0.39 is 8.68 Å². The summed E-state index contributed by atoms with van der Waals surface area (Å²) in [5, 5.41) is 2.78. The first-order valence-electron chi connectivity index (χ1n) is 15.1. The molecular weight excluding hydrogens is 575 g/mol. The minimum atomic E-state index is -1.79. The van der Waals surface area contributed by atoms with Gasteiger partial charge in [0.25, 0.3) is 0 Å². The van der Waals surface area contributed by atoms with Gasteiger partial charge < -0.3 is 9.45 Å². The number of aryl methyl sites for hydroxylation is 1. The van der Waals surface area contributed by atoms with Crippen LogP contribution in [0.25, 0.3) is 27.7 Å². The molecule has 6 nitrogen and oxygen atoms in total. The molecule has 0 spiro atoms. The number of imidazole rings is 1. The van der Waals surface area contributed by atoms with Gasteiger partial charge in [0.1, 0.15) is 5.65 Å². The summed E-state index contributed by atoms with van der Waals surface area (Å²) in [6.45, 7) is 8.51. The van der Waals surface area contributed by atoms with Crippen LogP contribution in [-0.4, -0.2) is 34.6 Å². The van der Waals surface area contributed by atoms with Crippen LogP contribution in [-0.2, 0) is 20.5 Å². The summed E-state index contributed by atoms with van der Waals surface area (Å²) in [5.41, 5.74) is 6.26. The van der Waals surface area contributed by atoms with E-state index in [0.29, 0.717) is 11.1 Å². The van der Waals surface area contributed by atoms with Crippen LogP contribution in [0.1, 0.15) is 49.7 Å². The Morgan fingerprint density at radius 2 is 1.40 bits per heavy atom. The van der Waals surface area contributed by atoms with Crippen molar-refractivity contribution >= 4 is 58.3 Å². The summed E-state index contributed by atoms with van der Waals surface area (Å²) in [4.78, 5) is 34.0. The highest BCUT2D eigenvalue weighted by Gasteiger charge is 2.36. The van der Waals surface area contributed by atoms with Gasteiger partial charge in [-0.15, -0.1) is 0 Å². The van der Waals surface area contributed by atoms with Crippen LogP contribution in [0.4, 0.5) is 0 Å². The summed E-state index contributed by atoms with van der Waals surface area (Å²) in [6, 6.07) is 31.1. The van der Waals surface area contributed by atoms with Gasteiger partial charge in [-0.05, 0) is 36.5 Å². The number of Topliss-reactive ketones (excluding diaryl/α,β-unsaturated/α-hetero) is 2. The number of hydrogen-bond acceptors (Lipinski definition) is 4. The first-order chi connectivity index (χ1) is 21.6. The van der Waals surface area contributed by atoms with Crippen molar-refractivity contribution in [1.29, 1.82) is 0 Å². The summed E-state index contributed by atoms with van der Waals surface area (Å²) in [7, 11) is -1.79. The van der Waals surface area contributed by atoms with E-state index >= 15 is 0 Å². The monoisotopic (exact) mass is 609 g/mol. The molecule has 0 atom stereocenters. The smallest absolute Gasteiger partial charge is 0.346 e. The SMILES string of the molecule is Cc1nc2ccc(CC(C)(C)C)cn2c1C1=C(c2c[nH]c3ccccc23)C(=O)CC1=O.O=[Si](c1ccccc1)c1ccccc1. The van der Waals surface area contributed by atoms with Gasteiger partial charge in [0.2, 0.25) is 0 Å². The van der Waals surface area contributed by atoms with E-state index in [1.165, 1.54) is 5.56 Å². The van der Waals surface area contributed by atoms with E-state index in [9.17, 15) is 14.1 Å². The highest BCUT2D eigenvalue weighted by atomic mass is 28.3. The number of hydrogen-bond donors (Lipinski definition) is 1. The molecule has 3 heterocycles. The first kappa shape index (κ1) is 30.0. The van der Waals surface area contributed by atoms with Gasteiger partial charge in [-0.25, -0.2) is 4.98 Å². The first-order valence-corrected chi connectivity index (χ1v) is 16.5. The zero-order chi connectivity index (χ0) is 31.7. The molecule has 7 heteroatoms. The highest BCUT2D eigenvalue weighted by Crippen LogP contribution is 2.39. The van der Waals surface area contributed by atoms with E-state index in [4.69, 9.17) is 4.98 Å². The Bertz CT molecular complexity index is 2060. The van der Waals surface area contributed by atoms with Crippen LogP contribution in [0.3, 0.4) is 0 Å². The molecule has 3 aromatic heterocycles. The number of aromatic nitrogens is 3. The van der Waals surface area contributed by atoms with Crippen LogP contribution in [0.5, 0.6) is 0 Å². The lowest BCUT2D eigenvalue weighted by atomic mass is 9.89. The molecule has 0 fully saturated rings. The average Bonchev–Trinajstić information content (AvgIpc) is 3.68. The molecule has 0 saturated heterocycles. The molecule has 224 valence electrons. The van der Waals surface area contributed by atoms with Crippen molar-refractivity contribution in [3.8, 4) is 0 Å². The highest BCUT2D eigenvalue weighted by molar-refractivity contribution is 6.72. The molecule has 1 aliphatic carbocycles. The third kappa shape index (κ3) is 6.17. The van der Waals surface area contributed by atoms with Crippen LogP contribution in [0, 0.1) is 12.3 Å². The molecule has 1 N–H and O–H groups in total. The molecule has 0 saturated carbocycles. The molecular formula is C38H35N3O3Si. The summed E-state index contributed by atoms with van der Waals surface area (Å²) in [5.74, 6) is -0.277. The van der Waals surface area contributed by atoms with Crippen LogP contribution < -0.4 is 10.4 Å². The Kier molecular flexibility index (Phi) is 8.12. The van der Waals surface area contributed by atoms with Crippen molar-refractivity contribution in [3.63, 3.8) is 0 Å². The average molecular weight is 610 g/mol. The molecule has 3 aromatic carbocycles. The zero-order valence-electron chi connectivity index (χ0n) is 25.9. The summed E-state index contributed by atoms with van der Waals surface area (Å²) >= 11 is 0. The van der Waals surface area contributed by atoms with Crippen molar-refractivity contribution in [2.75, 3.05) is 0 Å². The Hall–Kier alpha value is -5.01. The lowest BCUT2D eigenvalue weighted by molar-refractivity contribution is -0.119. The van der Waals surface area contributed by atoms with Crippen LogP contribution >= 0.6 is 0 Å². The Balaban J connectivity index is 0.000000213. The Morgan fingerprint density at radius 1 is 0.800 bits per heavy atom. The molecule has 6 aromatic rings. The van der Waals surface area contributed by atoms with Gasteiger partial charge in [0.05, 0.1) is 23.4 Å². The van der Waals surface area contributed by atoms with Gasteiger partial charge in [-0.1, -0.05) is 106 Å². The lowest BCUT2D eigenvalue weighted by Crippen LogP contribution is -2.33. The van der Waals surface area contributed by atoms with Crippen molar-refractivity contribution in [2.24, 2.45) is 5.41 Å². The van der Waals surface area contributed by atoms with Gasteiger partial charge in [-0.3, -0.25) is 14.0 Å². The minimum absolute atomic E-state index is 0.0987. The molecule has 0 amide bonds. The number of para-hydroxylation sites is 1. The van der Waals surface area contributed by atoms with E-state index in [1.807, 2.05) is 109 Å². The molecule has 0 aliphatic heterocycles. The number of allylic oxidation sites excluding steroid dienone is 2. The number of ketones is 2. The van der Waals surface area contributed by atoms with E-state index in [-0.39, 0.29) is 23.4 Å². The number of H-pyrrole nitrogens is 1. The molecule has 0 unspecified atom stereocenters. The number of pyridine rings is 1. The maximum absolute atomic E-state index is 13.1. The van der Waals surface area contributed by atoms with Crippen molar-refractivity contribution in [3.05, 3.63) is 132 Å². The molecule has 1 aliphatic rings. The fourth-order valence-corrected chi connectivity index (χ4v) is 7.31. The van der Waals surface area contributed by atoms with Crippen molar-refractivity contribution in [1.82, 2.24) is 14.4 Å². The largest absolute Gasteiger partial charge is 0.376 e. The fraction of sp³-hybridized carbons (Fsp3) is 0.184. The fourth-order valence-electron chi connectivity index (χ4n) is 5.99. The molecule has 45 heavy (non-hydrogen) atoms. The minimum Gasteiger partial charge on any atom is -0.376 e. The van der Waals surface area contributed by atoms with Gasteiger partial charge in [-0.2, -0.15) is 0 Å². The molecule has 7 rings (SSSR count). The summed E-state index contributed by atoms with van der Waals surface area (Å²) < 4.78 is 14.0. The third-order valence-electron chi connectivity index (χ3n) is 7.88. The van der Waals surface area contributed by atoms with Gasteiger partial charge >= 0.3 is 8.68 Å². The topological polar surface area (TPSA) is 84.3 Å². The van der Waals surface area contributed by atoms with E-state index in [2.05, 4.69) is 38.0 Å². The van der Waals surface area contributed by atoms with Crippen molar-refractivity contribution in [2.45, 2.75) is 40.5 Å². The standard InChI is InChI=1S/C26H25N3O2.C12H10OSi/c1-15-25(29-14-16(12-26(2,3)4)9-10-22(29)28-15)24-21(31)11-20(30)23(24)18-13-27-19-8-6-5-7-17(18)19;13-14(11-7-3-1-4-8-11)12-9-5-2-6-10-12/h5-10,13-14,27H,11-12H2,1-4H3;1-10H. The number of nitrogens with one attached hydrogen (secondary N) is 1. The number of nitrogens with zero attached hydrogens (tertiary/aromatic N) is 2. The number of benzene rings is 3. The van der Waals surface area contributed by atoms with Crippen LogP contribution in [0.15, 0.2) is 109 Å². The summed E-state index contributed by atoms with van der Waals surface area (Å²) in [6.07, 6.45) is 4.70. The maximum Gasteiger partial charge on any atom is 0.346 e. The number of fused-ring (bicyclic) bond motifs is 2. The second-order valence-corrected chi connectivity index (χ2v) is 14.4. The van der Waals surface area contributed by atoms with Gasteiger partial charge in [0.15, 0.2) is 11.6 Å². The van der Waals surface area contributed by atoms with Crippen LogP contribution in [0.2, 0.25) is 0 Å². The van der Waals surface area contributed by atoms with E-state index in [0.717, 1.165) is 50.3 Å². The maximum atomic E-state index is 13.1. The zero-order valence-corrected chi connectivity index (χ0v) is 26.9.